The van der Waals surface area contributed by atoms with Gasteiger partial charge in [-0.15, -0.1) is 0 Å². The molecule has 3 fully saturated rings. The number of carbonyl (C=O) groups is 1. The molecule has 0 saturated carbocycles. The van der Waals surface area contributed by atoms with Crippen LogP contribution < -0.4 is 10.1 Å². The van der Waals surface area contributed by atoms with E-state index in [0.717, 1.165) is 48.3 Å². The van der Waals surface area contributed by atoms with Crippen LogP contribution in [0.1, 0.15) is 44.7 Å². The molecule has 1 aromatic rings. The Kier molecular flexibility index (Phi) is 4.44. The van der Waals surface area contributed by atoms with Crippen molar-refractivity contribution in [3.8, 4) is 5.75 Å². The van der Waals surface area contributed by atoms with Crippen LogP contribution in [0.4, 0.5) is 4.79 Å². The van der Waals surface area contributed by atoms with Crippen molar-refractivity contribution >= 4 is 22.0 Å². The molecule has 1 aromatic carbocycles. The fourth-order valence-corrected chi connectivity index (χ4v) is 4.69. The molecule has 4 aliphatic heterocycles. The Bertz CT molecular complexity index is 671. The van der Waals surface area contributed by atoms with Gasteiger partial charge >= 0.3 is 6.09 Å². The largest absolute Gasteiger partial charge is 0.487 e. The molecule has 4 aliphatic rings. The van der Waals surface area contributed by atoms with Crippen LogP contribution in [0, 0.1) is 5.92 Å². The van der Waals surface area contributed by atoms with E-state index in [1.54, 1.807) is 0 Å². The van der Waals surface area contributed by atoms with Gasteiger partial charge in [-0.25, -0.2) is 4.79 Å². The van der Waals surface area contributed by atoms with E-state index in [4.69, 9.17) is 9.47 Å². The van der Waals surface area contributed by atoms with Gasteiger partial charge in [0, 0.05) is 23.0 Å². The maximum absolute atomic E-state index is 12.6. The van der Waals surface area contributed by atoms with Crippen LogP contribution in [0.2, 0.25) is 0 Å². The van der Waals surface area contributed by atoms with Crippen LogP contribution in [0.3, 0.4) is 0 Å². The first-order valence-corrected chi connectivity index (χ1v) is 9.87. The number of ether oxygens (including phenoxy) is 2. The molecule has 3 saturated heterocycles. The summed E-state index contributed by atoms with van der Waals surface area (Å²) in [6, 6.07) is 5.82. The van der Waals surface area contributed by atoms with E-state index in [0.29, 0.717) is 12.3 Å². The Labute approximate surface area is 157 Å². The summed E-state index contributed by atoms with van der Waals surface area (Å²) in [4.78, 5) is 14.9. The molecule has 6 heteroatoms. The van der Waals surface area contributed by atoms with Gasteiger partial charge in [-0.05, 0) is 63.9 Å². The standard InChI is InChI=1S/C19H25BrN2O3/c1-19(2)10-15(14-9-13(20)3-4-16(14)25-19)21-18(23)24-17-11-22-7-5-12(17)6-8-22/h3-4,9,12,15,17H,5-8,10-11H2,1-2H3,(H,21,23)/t15?,17-/m0/s1. The Morgan fingerprint density at radius 3 is 2.80 bits per heavy atom. The van der Waals surface area contributed by atoms with Crippen LogP contribution in [-0.2, 0) is 4.74 Å². The van der Waals surface area contributed by atoms with E-state index in [1.165, 1.54) is 0 Å². The lowest BCUT2D eigenvalue weighted by molar-refractivity contribution is -0.0350. The number of rotatable bonds is 2. The number of halogens is 1. The third-order valence-electron chi connectivity index (χ3n) is 5.58. The zero-order valence-electron chi connectivity index (χ0n) is 14.8. The number of hydrogen-bond donors (Lipinski definition) is 1. The highest BCUT2D eigenvalue weighted by atomic mass is 79.9. The highest BCUT2D eigenvalue weighted by Gasteiger charge is 2.38. The smallest absolute Gasteiger partial charge is 0.407 e. The van der Waals surface area contributed by atoms with Crippen molar-refractivity contribution in [2.45, 2.75) is 50.9 Å². The SMILES string of the molecule is CC1(C)CC(NC(=O)O[C@H]2CN3CCC2CC3)c2cc(Br)ccc2O1. The number of nitrogens with one attached hydrogen (secondary N) is 1. The third kappa shape index (κ3) is 3.65. The summed E-state index contributed by atoms with van der Waals surface area (Å²) >= 11 is 3.51. The number of benzene rings is 1. The van der Waals surface area contributed by atoms with Gasteiger partial charge in [-0.1, -0.05) is 15.9 Å². The number of nitrogens with zero attached hydrogens (tertiary/aromatic N) is 1. The molecule has 1 amide bonds. The van der Waals surface area contributed by atoms with E-state index in [2.05, 4.69) is 26.1 Å². The van der Waals surface area contributed by atoms with E-state index >= 15 is 0 Å². The van der Waals surface area contributed by atoms with E-state index in [9.17, 15) is 4.79 Å². The number of hydrogen-bond acceptors (Lipinski definition) is 4. The topological polar surface area (TPSA) is 50.8 Å². The monoisotopic (exact) mass is 408 g/mol. The van der Waals surface area contributed by atoms with Crippen molar-refractivity contribution < 1.29 is 14.3 Å². The number of amides is 1. The number of piperidine rings is 3. The average molecular weight is 409 g/mol. The van der Waals surface area contributed by atoms with Crippen LogP contribution in [-0.4, -0.2) is 42.3 Å². The summed E-state index contributed by atoms with van der Waals surface area (Å²) in [5.41, 5.74) is 0.675. The van der Waals surface area contributed by atoms with Gasteiger partial charge in [0.25, 0.3) is 0 Å². The van der Waals surface area contributed by atoms with Crippen LogP contribution in [0.15, 0.2) is 22.7 Å². The molecule has 0 spiro atoms. The summed E-state index contributed by atoms with van der Waals surface area (Å²) in [7, 11) is 0. The first-order valence-electron chi connectivity index (χ1n) is 9.08. The quantitative estimate of drug-likeness (QED) is 0.806. The van der Waals surface area contributed by atoms with Crippen LogP contribution >= 0.6 is 15.9 Å². The normalized spacial score (nSPS) is 32.4. The summed E-state index contributed by atoms with van der Waals surface area (Å²) in [6.45, 7) is 7.25. The summed E-state index contributed by atoms with van der Waals surface area (Å²) < 4.78 is 12.8. The fraction of sp³-hybridized carbons (Fsp3) is 0.632. The van der Waals surface area contributed by atoms with Gasteiger partial charge in [-0.2, -0.15) is 0 Å². The first kappa shape index (κ1) is 17.2. The second kappa shape index (κ2) is 6.47. The molecule has 0 radical (unpaired) electrons. The lowest BCUT2D eigenvalue weighted by Crippen LogP contribution is -2.53. The van der Waals surface area contributed by atoms with E-state index in [-0.39, 0.29) is 23.8 Å². The van der Waals surface area contributed by atoms with Crippen molar-refractivity contribution in [1.82, 2.24) is 10.2 Å². The summed E-state index contributed by atoms with van der Waals surface area (Å²) in [5.74, 6) is 1.34. The number of alkyl carbamates (subject to hydrolysis) is 1. The highest BCUT2D eigenvalue weighted by molar-refractivity contribution is 9.10. The fourth-order valence-electron chi connectivity index (χ4n) is 4.31. The minimum absolute atomic E-state index is 0.0253. The molecule has 1 N–H and O–H groups in total. The molecule has 0 aliphatic carbocycles. The van der Waals surface area contributed by atoms with Crippen molar-refractivity contribution in [3.05, 3.63) is 28.2 Å². The second-order valence-electron chi connectivity index (χ2n) is 8.03. The zero-order valence-corrected chi connectivity index (χ0v) is 16.3. The molecule has 5 nitrogen and oxygen atoms in total. The molecule has 25 heavy (non-hydrogen) atoms. The minimum atomic E-state index is -0.325. The minimum Gasteiger partial charge on any atom is -0.487 e. The molecule has 2 atom stereocenters. The third-order valence-corrected chi connectivity index (χ3v) is 6.07. The van der Waals surface area contributed by atoms with Gasteiger partial charge in [0.15, 0.2) is 0 Å². The molecule has 4 heterocycles. The molecule has 1 unspecified atom stereocenters. The van der Waals surface area contributed by atoms with Gasteiger partial charge in [0.1, 0.15) is 17.5 Å². The summed E-state index contributed by atoms with van der Waals surface area (Å²) in [5, 5.41) is 3.08. The second-order valence-corrected chi connectivity index (χ2v) is 8.94. The Hall–Kier alpha value is -1.27. The van der Waals surface area contributed by atoms with Gasteiger partial charge in [0.2, 0.25) is 0 Å². The highest BCUT2D eigenvalue weighted by Crippen LogP contribution is 2.40. The van der Waals surface area contributed by atoms with Gasteiger partial charge < -0.3 is 14.8 Å². The van der Waals surface area contributed by atoms with E-state index < -0.39 is 0 Å². The van der Waals surface area contributed by atoms with E-state index in [1.807, 2.05) is 32.0 Å². The molecular weight excluding hydrogens is 384 g/mol. The lowest BCUT2D eigenvalue weighted by Gasteiger charge is -2.44. The molecule has 0 aromatic heterocycles. The van der Waals surface area contributed by atoms with Gasteiger partial charge in [0.05, 0.1) is 6.04 Å². The van der Waals surface area contributed by atoms with Crippen molar-refractivity contribution in [2.75, 3.05) is 19.6 Å². The molecule has 5 rings (SSSR count). The van der Waals surface area contributed by atoms with Gasteiger partial charge in [-0.3, -0.25) is 4.90 Å². The van der Waals surface area contributed by atoms with Crippen LogP contribution in [0.25, 0.3) is 0 Å². The molecule has 136 valence electrons. The maximum Gasteiger partial charge on any atom is 0.407 e. The Morgan fingerprint density at radius 2 is 2.12 bits per heavy atom. The predicted molar refractivity (Wildman–Crippen MR) is 98.8 cm³/mol. The predicted octanol–water partition coefficient (Wildman–Crippen LogP) is 3.87. The lowest BCUT2D eigenvalue weighted by atomic mass is 9.86. The first-order chi connectivity index (χ1) is 11.9. The Balaban J connectivity index is 1.46. The molecule has 2 bridgehead atoms. The average Bonchev–Trinajstić information content (AvgIpc) is 2.56. The molecular formula is C19H25BrN2O3. The Morgan fingerprint density at radius 1 is 1.36 bits per heavy atom. The number of fused-ring (bicyclic) bond motifs is 4. The van der Waals surface area contributed by atoms with Crippen molar-refractivity contribution in [1.29, 1.82) is 0 Å². The number of carbonyl (C=O) groups excluding carboxylic acids is 1. The van der Waals surface area contributed by atoms with Crippen LogP contribution in [0.5, 0.6) is 5.75 Å². The zero-order chi connectivity index (χ0) is 17.6. The maximum atomic E-state index is 12.6. The summed E-state index contributed by atoms with van der Waals surface area (Å²) in [6.07, 6.45) is 2.70. The van der Waals surface area contributed by atoms with Crippen molar-refractivity contribution in [2.24, 2.45) is 5.92 Å². The van der Waals surface area contributed by atoms with Crippen molar-refractivity contribution in [3.63, 3.8) is 0 Å².